The smallest absolute Gasteiger partial charge is 0.308 e. The summed E-state index contributed by atoms with van der Waals surface area (Å²) >= 11 is 5.77. The minimum Gasteiger partial charge on any atom is -0.456 e. The molecule has 1 saturated heterocycles. The van der Waals surface area contributed by atoms with Crippen LogP contribution in [0.5, 0.6) is 0 Å². The van der Waals surface area contributed by atoms with Gasteiger partial charge in [-0.2, -0.15) is 0 Å². The Morgan fingerprint density at radius 2 is 1.77 bits per heavy atom. The summed E-state index contributed by atoms with van der Waals surface area (Å²) in [7, 11) is 0. The second kappa shape index (κ2) is 9.57. The largest absolute Gasteiger partial charge is 0.456 e. The molecule has 1 N–H and O–H groups in total. The first-order valence-electron chi connectivity index (χ1n) is 8.89. The number of benzene rings is 1. The van der Waals surface area contributed by atoms with E-state index in [9.17, 15) is 14.4 Å². The van der Waals surface area contributed by atoms with Gasteiger partial charge in [0, 0.05) is 29.2 Å². The number of hydrogen-bond acceptors (Lipinski definition) is 4. The van der Waals surface area contributed by atoms with Crippen molar-refractivity contribution in [2.24, 2.45) is 0 Å². The normalized spacial score (nSPS) is 19.7. The molecule has 0 aromatic heterocycles. The minimum atomic E-state index is -0.507. The molecule has 1 aliphatic heterocycles. The highest BCUT2D eigenvalue weighted by Crippen LogP contribution is 2.22. The van der Waals surface area contributed by atoms with Crippen LogP contribution in [0.25, 0.3) is 0 Å². The Bertz CT molecular complexity index is 637. The lowest BCUT2D eigenvalue weighted by atomic mass is 9.97. The van der Waals surface area contributed by atoms with Crippen LogP contribution >= 0.6 is 11.6 Å². The summed E-state index contributed by atoms with van der Waals surface area (Å²) in [5.74, 6) is -0.961. The maximum atomic E-state index is 12.3. The van der Waals surface area contributed by atoms with Crippen LogP contribution in [0.4, 0.5) is 0 Å². The highest BCUT2D eigenvalue weighted by molar-refractivity contribution is 6.30. The van der Waals surface area contributed by atoms with Crippen LogP contribution in [0.3, 0.4) is 0 Å². The zero-order valence-corrected chi connectivity index (χ0v) is 15.9. The zero-order valence-electron chi connectivity index (χ0n) is 15.2. The number of nitrogens with one attached hydrogen (secondary N) is 1. The second-order valence-electron chi connectivity index (χ2n) is 6.60. The van der Waals surface area contributed by atoms with Crippen molar-refractivity contribution in [3.8, 4) is 0 Å². The number of nitrogens with zero attached hydrogens (tertiary/aromatic N) is 1. The molecule has 1 aromatic rings. The van der Waals surface area contributed by atoms with Crippen LogP contribution < -0.4 is 5.32 Å². The van der Waals surface area contributed by atoms with Gasteiger partial charge in [-0.15, -0.1) is 0 Å². The summed E-state index contributed by atoms with van der Waals surface area (Å²) in [6.07, 6.45) is 3.07. The number of hydrogen-bond donors (Lipinski definition) is 1. The van der Waals surface area contributed by atoms with Crippen LogP contribution in [0.2, 0.25) is 5.02 Å². The number of ether oxygens (including phenoxy) is 1. The van der Waals surface area contributed by atoms with Crippen LogP contribution in [0.15, 0.2) is 24.3 Å². The molecule has 1 aliphatic rings. The van der Waals surface area contributed by atoms with E-state index in [1.54, 1.807) is 29.2 Å². The predicted octanol–water partition coefficient (Wildman–Crippen LogP) is 2.79. The van der Waals surface area contributed by atoms with E-state index in [4.69, 9.17) is 16.3 Å². The van der Waals surface area contributed by atoms with Gasteiger partial charge in [-0.1, -0.05) is 11.6 Å². The maximum absolute atomic E-state index is 12.3. The number of halogens is 1. The van der Waals surface area contributed by atoms with Crippen molar-refractivity contribution in [1.82, 2.24) is 10.2 Å². The lowest BCUT2D eigenvalue weighted by Gasteiger charge is -2.38. The van der Waals surface area contributed by atoms with Gasteiger partial charge in [0.15, 0.2) is 6.61 Å². The van der Waals surface area contributed by atoms with E-state index in [0.717, 1.165) is 19.3 Å². The Hall–Kier alpha value is -2.08. The van der Waals surface area contributed by atoms with Crippen LogP contribution in [-0.4, -0.2) is 47.9 Å². The third-order valence-electron chi connectivity index (χ3n) is 4.56. The van der Waals surface area contributed by atoms with Crippen LogP contribution in [-0.2, 0) is 14.3 Å². The molecule has 1 fully saturated rings. The lowest BCUT2D eigenvalue weighted by Crippen LogP contribution is -2.49. The van der Waals surface area contributed by atoms with Crippen LogP contribution in [0.1, 0.15) is 49.9 Å². The molecule has 0 unspecified atom stereocenters. The average Bonchev–Trinajstić information content (AvgIpc) is 2.60. The van der Waals surface area contributed by atoms with Gasteiger partial charge < -0.3 is 15.0 Å². The third-order valence-corrected chi connectivity index (χ3v) is 4.81. The average molecular weight is 381 g/mol. The fourth-order valence-corrected chi connectivity index (χ4v) is 3.31. The van der Waals surface area contributed by atoms with E-state index < -0.39 is 5.97 Å². The molecule has 0 spiro atoms. The van der Waals surface area contributed by atoms with Crippen molar-refractivity contribution >= 4 is 29.4 Å². The van der Waals surface area contributed by atoms with Crippen molar-refractivity contribution in [1.29, 1.82) is 0 Å². The highest BCUT2D eigenvalue weighted by atomic mass is 35.5. The summed E-state index contributed by atoms with van der Waals surface area (Å²) in [6.45, 7) is 3.92. The molecule has 26 heavy (non-hydrogen) atoms. The first-order valence-corrected chi connectivity index (χ1v) is 9.27. The van der Waals surface area contributed by atoms with Gasteiger partial charge in [-0.05, 0) is 57.4 Å². The van der Waals surface area contributed by atoms with E-state index >= 15 is 0 Å². The molecule has 2 rings (SSSR count). The molecule has 1 aromatic carbocycles. The summed E-state index contributed by atoms with van der Waals surface area (Å²) in [5, 5.41) is 3.18. The predicted molar refractivity (Wildman–Crippen MR) is 99.0 cm³/mol. The summed E-state index contributed by atoms with van der Waals surface area (Å²) in [5.41, 5.74) is 0.464. The molecule has 0 radical (unpaired) electrons. The van der Waals surface area contributed by atoms with Crippen molar-refractivity contribution < 1.29 is 19.1 Å². The van der Waals surface area contributed by atoms with Gasteiger partial charge in [0.05, 0.1) is 6.42 Å². The first-order chi connectivity index (χ1) is 12.4. The molecule has 2 amide bonds. The minimum absolute atomic E-state index is 0.0116. The van der Waals surface area contributed by atoms with Gasteiger partial charge >= 0.3 is 5.97 Å². The van der Waals surface area contributed by atoms with Gasteiger partial charge in [-0.25, -0.2) is 0 Å². The molecule has 142 valence electrons. The number of piperidine rings is 1. The number of carbonyl (C=O) groups excluding carboxylic acids is 3. The number of amides is 2. The number of rotatable bonds is 6. The fourth-order valence-electron chi connectivity index (χ4n) is 3.18. The van der Waals surface area contributed by atoms with E-state index in [1.807, 2.05) is 13.8 Å². The highest BCUT2D eigenvalue weighted by Gasteiger charge is 2.29. The molecule has 2 atom stereocenters. The Morgan fingerprint density at radius 1 is 1.15 bits per heavy atom. The number of carbonyl (C=O) groups is 3. The second-order valence-corrected chi connectivity index (χ2v) is 7.04. The molecule has 7 heteroatoms. The number of esters is 1. The van der Waals surface area contributed by atoms with Gasteiger partial charge in [-0.3, -0.25) is 14.4 Å². The Balaban J connectivity index is 1.69. The standard InChI is InChI=1S/C19H25ClN2O4/c1-13-4-3-5-14(2)22(13)17(23)12-26-18(24)10-11-21-19(25)15-6-8-16(20)9-7-15/h6-9,13-14H,3-5,10-12H2,1-2H3,(H,21,25)/t13-,14-/m1/s1. The van der Waals surface area contributed by atoms with Crippen molar-refractivity contribution in [2.75, 3.05) is 13.2 Å². The molecule has 1 heterocycles. The molecule has 0 bridgehead atoms. The first kappa shape index (κ1) is 20.2. The third kappa shape index (κ3) is 5.73. The molecule has 0 saturated carbocycles. The van der Waals surface area contributed by atoms with E-state index in [2.05, 4.69) is 5.32 Å². The quantitative estimate of drug-likeness (QED) is 0.770. The summed E-state index contributed by atoms with van der Waals surface area (Å²) < 4.78 is 5.06. The Kier molecular flexibility index (Phi) is 7.45. The summed E-state index contributed by atoms with van der Waals surface area (Å²) in [6, 6.07) is 6.80. The monoisotopic (exact) mass is 380 g/mol. The van der Waals surface area contributed by atoms with Crippen LogP contribution in [0, 0.1) is 0 Å². The zero-order chi connectivity index (χ0) is 19.1. The van der Waals surface area contributed by atoms with Crippen molar-refractivity contribution in [3.05, 3.63) is 34.9 Å². The molecular weight excluding hydrogens is 356 g/mol. The van der Waals surface area contributed by atoms with Gasteiger partial charge in [0.1, 0.15) is 0 Å². The van der Waals surface area contributed by atoms with Gasteiger partial charge in [0.25, 0.3) is 11.8 Å². The number of likely N-dealkylation sites (tertiary alicyclic amines) is 1. The topological polar surface area (TPSA) is 75.7 Å². The SMILES string of the molecule is C[C@@H]1CCC[C@@H](C)N1C(=O)COC(=O)CCNC(=O)c1ccc(Cl)cc1. The van der Waals surface area contributed by atoms with E-state index in [0.29, 0.717) is 10.6 Å². The van der Waals surface area contributed by atoms with Crippen molar-refractivity contribution in [3.63, 3.8) is 0 Å². The maximum Gasteiger partial charge on any atom is 0.308 e. The molecule has 6 nitrogen and oxygen atoms in total. The van der Waals surface area contributed by atoms with E-state index in [1.165, 1.54) is 0 Å². The van der Waals surface area contributed by atoms with Gasteiger partial charge in [0.2, 0.25) is 0 Å². The van der Waals surface area contributed by atoms with E-state index in [-0.39, 0.29) is 43.5 Å². The van der Waals surface area contributed by atoms with Crippen molar-refractivity contribution in [2.45, 2.75) is 51.6 Å². The summed E-state index contributed by atoms with van der Waals surface area (Å²) in [4.78, 5) is 37.8. The fraction of sp³-hybridized carbons (Fsp3) is 0.526. The Morgan fingerprint density at radius 3 is 2.38 bits per heavy atom. The molecular formula is C19H25ClN2O4. The molecule has 0 aliphatic carbocycles. The Labute approximate surface area is 158 Å². The lowest BCUT2D eigenvalue weighted by molar-refractivity contribution is -0.154.